The molecule has 3 amide bonds. The van der Waals surface area contributed by atoms with Crippen molar-refractivity contribution >= 4 is 17.7 Å². The van der Waals surface area contributed by atoms with Gasteiger partial charge < -0.3 is 34.1 Å². The van der Waals surface area contributed by atoms with Crippen LogP contribution in [-0.4, -0.2) is 110 Å². The number of piperidine rings is 1. The first-order valence-electron chi connectivity index (χ1n) is 15.1. The Labute approximate surface area is 253 Å². The van der Waals surface area contributed by atoms with Crippen molar-refractivity contribution in [1.29, 1.82) is 0 Å². The number of likely N-dealkylation sites (tertiary alicyclic amines) is 1. The SMILES string of the molecule is CCN1CC(=O)N[C@H]2CN(C(=O)CN3CCOCC3)CC[C@@H]2OCc2cccc(c2)Oc2cc(OC(C)C)cc(c2)C1=O. The summed E-state index contributed by atoms with van der Waals surface area (Å²) in [6.45, 7) is 10.1. The molecule has 2 fully saturated rings. The number of amides is 3. The highest BCUT2D eigenvalue weighted by molar-refractivity contribution is 5.97. The van der Waals surface area contributed by atoms with Gasteiger partial charge in [0.25, 0.3) is 5.91 Å². The van der Waals surface area contributed by atoms with Crippen LogP contribution in [0.5, 0.6) is 17.2 Å². The fourth-order valence-corrected chi connectivity index (χ4v) is 5.61. The smallest absolute Gasteiger partial charge is 0.254 e. The standard InChI is InChI=1S/C32H42N4O7/c1-4-35-19-30(37)33-28-18-36(31(38)20-34-10-12-40-13-11-34)9-8-29(28)41-21-23-6-5-7-25(14-23)43-27-16-24(32(35)39)15-26(17-27)42-22(2)3/h5-7,14-17,22,28-29H,4,8-13,18-21H2,1-3H3,(H,33,37)/t28-,29-/m0/s1. The highest BCUT2D eigenvalue weighted by Crippen LogP contribution is 2.30. The summed E-state index contributed by atoms with van der Waals surface area (Å²) in [5.74, 6) is 0.975. The number of carbonyl (C=O) groups is 3. The van der Waals surface area contributed by atoms with Gasteiger partial charge in [-0.1, -0.05) is 12.1 Å². The van der Waals surface area contributed by atoms with E-state index in [1.807, 2.05) is 45.0 Å². The van der Waals surface area contributed by atoms with Crippen LogP contribution in [0.15, 0.2) is 42.5 Å². The molecule has 0 saturated carbocycles. The first-order valence-corrected chi connectivity index (χ1v) is 15.1. The van der Waals surface area contributed by atoms with E-state index in [9.17, 15) is 14.4 Å². The van der Waals surface area contributed by atoms with Crippen LogP contribution >= 0.6 is 0 Å². The van der Waals surface area contributed by atoms with Crippen LogP contribution in [0.3, 0.4) is 0 Å². The predicted molar refractivity (Wildman–Crippen MR) is 159 cm³/mol. The maximum absolute atomic E-state index is 13.7. The van der Waals surface area contributed by atoms with Crippen molar-refractivity contribution in [3.8, 4) is 17.2 Å². The third kappa shape index (κ3) is 8.25. The van der Waals surface area contributed by atoms with Gasteiger partial charge in [0.15, 0.2) is 0 Å². The largest absolute Gasteiger partial charge is 0.491 e. The first kappa shape index (κ1) is 30.8. The molecule has 0 unspecified atom stereocenters. The van der Waals surface area contributed by atoms with Crippen LogP contribution in [0.4, 0.5) is 0 Å². The van der Waals surface area contributed by atoms with Gasteiger partial charge in [-0.3, -0.25) is 19.3 Å². The minimum Gasteiger partial charge on any atom is -0.491 e. The summed E-state index contributed by atoms with van der Waals surface area (Å²) in [5, 5.41) is 3.09. The molecule has 3 aliphatic heterocycles. The Balaban J connectivity index is 1.39. The Morgan fingerprint density at radius 2 is 1.88 bits per heavy atom. The Bertz CT molecular complexity index is 1300. The average Bonchev–Trinajstić information content (AvgIpc) is 2.98. The molecule has 11 nitrogen and oxygen atoms in total. The summed E-state index contributed by atoms with van der Waals surface area (Å²) < 4.78 is 23.9. The zero-order valence-electron chi connectivity index (χ0n) is 25.3. The summed E-state index contributed by atoms with van der Waals surface area (Å²) in [6.07, 6.45) is 0.173. The second kappa shape index (κ2) is 14.2. The number of hydrogen-bond acceptors (Lipinski definition) is 8. The molecule has 3 aliphatic rings. The van der Waals surface area contributed by atoms with Gasteiger partial charge >= 0.3 is 0 Å². The molecule has 232 valence electrons. The van der Waals surface area contributed by atoms with E-state index in [1.165, 1.54) is 4.90 Å². The molecule has 2 aromatic rings. The van der Waals surface area contributed by atoms with Crippen molar-refractivity contribution < 1.29 is 33.3 Å². The number of hydrogen-bond donors (Lipinski definition) is 1. The third-order valence-corrected chi connectivity index (χ3v) is 7.81. The third-order valence-electron chi connectivity index (χ3n) is 7.81. The second-order valence-corrected chi connectivity index (χ2v) is 11.5. The van der Waals surface area contributed by atoms with E-state index in [4.69, 9.17) is 18.9 Å². The molecular formula is C32H42N4O7. The monoisotopic (exact) mass is 594 g/mol. The molecule has 4 bridgehead atoms. The summed E-state index contributed by atoms with van der Waals surface area (Å²) in [6, 6.07) is 12.3. The fourth-order valence-electron chi connectivity index (χ4n) is 5.61. The van der Waals surface area contributed by atoms with Crippen LogP contribution in [0.1, 0.15) is 43.1 Å². The Morgan fingerprint density at radius 1 is 1.07 bits per heavy atom. The van der Waals surface area contributed by atoms with E-state index in [1.54, 1.807) is 23.1 Å². The normalized spacial score (nSPS) is 22.0. The maximum Gasteiger partial charge on any atom is 0.254 e. The van der Waals surface area contributed by atoms with E-state index in [-0.39, 0.29) is 36.5 Å². The molecular weight excluding hydrogens is 552 g/mol. The number of benzene rings is 2. The van der Waals surface area contributed by atoms with Crippen molar-refractivity contribution in [2.45, 2.75) is 52.0 Å². The van der Waals surface area contributed by atoms with Crippen LogP contribution in [-0.2, 0) is 25.7 Å². The van der Waals surface area contributed by atoms with Gasteiger partial charge in [0.1, 0.15) is 17.2 Å². The Morgan fingerprint density at radius 3 is 2.65 bits per heavy atom. The van der Waals surface area contributed by atoms with Gasteiger partial charge in [-0.25, -0.2) is 0 Å². The van der Waals surface area contributed by atoms with Crippen LogP contribution in [0.25, 0.3) is 0 Å². The molecule has 3 heterocycles. The molecule has 0 aliphatic carbocycles. The summed E-state index contributed by atoms with van der Waals surface area (Å²) >= 11 is 0. The highest BCUT2D eigenvalue weighted by Gasteiger charge is 2.34. The van der Waals surface area contributed by atoms with Crippen molar-refractivity contribution in [2.24, 2.45) is 0 Å². The lowest BCUT2D eigenvalue weighted by Gasteiger charge is -2.40. The average molecular weight is 595 g/mol. The quantitative estimate of drug-likeness (QED) is 0.563. The van der Waals surface area contributed by atoms with E-state index in [2.05, 4.69) is 10.2 Å². The van der Waals surface area contributed by atoms with Crippen molar-refractivity contribution in [1.82, 2.24) is 20.0 Å². The maximum atomic E-state index is 13.7. The number of nitrogens with zero attached hydrogens (tertiary/aromatic N) is 3. The molecule has 43 heavy (non-hydrogen) atoms. The number of carbonyl (C=O) groups excluding carboxylic acids is 3. The lowest BCUT2D eigenvalue weighted by Crippen LogP contribution is -2.59. The molecule has 1 N–H and O–H groups in total. The molecule has 5 rings (SSSR count). The Kier molecular flexibility index (Phi) is 10.2. The van der Waals surface area contributed by atoms with Gasteiger partial charge in [-0.05, 0) is 57.0 Å². The summed E-state index contributed by atoms with van der Waals surface area (Å²) in [4.78, 5) is 45.6. The minimum atomic E-state index is -0.426. The lowest BCUT2D eigenvalue weighted by molar-refractivity contribution is -0.139. The highest BCUT2D eigenvalue weighted by atomic mass is 16.5. The first-order chi connectivity index (χ1) is 20.8. The van der Waals surface area contributed by atoms with Crippen LogP contribution in [0, 0.1) is 0 Å². The van der Waals surface area contributed by atoms with Gasteiger partial charge in [0, 0.05) is 44.4 Å². The van der Waals surface area contributed by atoms with Crippen LogP contribution < -0.4 is 14.8 Å². The lowest BCUT2D eigenvalue weighted by atomic mass is 10.0. The van der Waals surface area contributed by atoms with Crippen molar-refractivity contribution in [3.63, 3.8) is 0 Å². The second-order valence-electron chi connectivity index (χ2n) is 11.5. The number of rotatable bonds is 5. The summed E-state index contributed by atoms with van der Waals surface area (Å²) in [5.41, 5.74) is 1.27. The number of likely N-dealkylation sites (N-methyl/N-ethyl adjacent to an activating group) is 1. The van der Waals surface area contributed by atoms with E-state index in [0.29, 0.717) is 75.2 Å². The number of morpholine rings is 1. The number of ether oxygens (including phenoxy) is 4. The number of nitrogens with one attached hydrogen (secondary N) is 1. The van der Waals surface area contributed by atoms with Gasteiger partial charge in [0.2, 0.25) is 11.8 Å². The van der Waals surface area contributed by atoms with E-state index >= 15 is 0 Å². The molecule has 2 aromatic carbocycles. The molecule has 0 spiro atoms. The van der Waals surface area contributed by atoms with Crippen LogP contribution in [0.2, 0.25) is 0 Å². The van der Waals surface area contributed by atoms with E-state index in [0.717, 1.165) is 18.7 Å². The zero-order chi connectivity index (χ0) is 30.3. The molecule has 11 heteroatoms. The van der Waals surface area contributed by atoms with Gasteiger partial charge in [0.05, 0.1) is 51.2 Å². The van der Waals surface area contributed by atoms with Gasteiger partial charge in [-0.2, -0.15) is 0 Å². The summed E-state index contributed by atoms with van der Waals surface area (Å²) in [7, 11) is 0. The van der Waals surface area contributed by atoms with Crippen molar-refractivity contribution in [2.75, 3.05) is 59.0 Å². The molecule has 0 radical (unpaired) electrons. The molecule has 2 saturated heterocycles. The number of fused-ring (bicyclic) bond motifs is 5. The Hall–Kier alpha value is -3.67. The molecule has 2 atom stereocenters. The predicted octanol–water partition coefficient (Wildman–Crippen LogP) is 2.68. The fraction of sp³-hybridized carbons (Fsp3) is 0.531. The topological polar surface area (TPSA) is 110 Å². The molecule has 0 aromatic heterocycles. The van der Waals surface area contributed by atoms with E-state index < -0.39 is 6.04 Å². The van der Waals surface area contributed by atoms with Gasteiger partial charge in [-0.15, -0.1) is 0 Å². The zero-order valence-corrected chi connectivity index (χ0v) is 25.3. The van der Waals surface area contributed by atoms with Crippen molar-refractivity contribution in [3.05, 3.63) is 53.6 Å². The minimum absolute atomic E-state index is 0.0243.